The number of rotatable bonds is 28. The van der Waals surface area contributed by atoms with Gasteiger partial charge in [-0.15, -0.1) is 0 Å². The molecule has 42 heavy (non-hydrogen) atoms. The molecule has 1 aromatic rings. The Labute approximate surface area is 277 Å². The Morgan fingerprint density at radius 2 is 0.857 bits per heavy atom. The van der Waals surface area contributed by atoms with E-state index in [4.69, 9.17) is 0 Å². The van der Waals surface area contributed by atoms with Crippen LogP contribution in [0.4, 0.5) is 0 Å². The Balaban J connectivity index is 3.84. The van der Waals surface area contributed by atoms with Crippen molar-refractivity contribution in [3.63, 3.8) is 0 Å². The molecule has 0 bridgehead atoms. The standard InChI is InChI=1S/C12H18O2S2.6C4H9.2Sn/c1-2-3-4-5-6-7-10-16(13,14)12-8-9-15-11-12;6*1-3-4-2;;/h8H,2-7,10H2,1H3;6*1,3-4H2,2H3;;. The predicted molar refractivity (Wildman–Crippen MR) is 199 cm³/mol. The van der Waals surface area contributed by atoms with Crippen molar-refractivity contribution in [1.82, 2.24) is 0 Å². The molecule has 0 N–H and O–H groups in total. The van der Waals surface area contributed by atoms with E-state index in [9.17, 15) is 8.42 Å². The van der Waals surface area contributed by atoms with Gasteiger partial charge in [0.1, 0.15) is 0 Å². The van der Waals surface area contributed by atoms with E-state index in [1.54, 1.807) is 2.89 Å². The first-order valence-corrected chi connectivity index (χ1v) is 36.1. The molecule has 6 heteroatoms. The van der Waals surface area contributed by atoms with Crippen molar-refractivity contribution >= 4 is 63.7 Å². The van der Waals surface area contributed by atoms with E-state index in [0.717, 1.165) is 17.7 Å². The Morgan fingerprint density at radius 1 is 0.500 bits per heavy atom. The van der Waals surface area contributed by atoms with Crippen LogP contribution >= 0.6 is 11.3 Å². The third kappa shape index (κ3) is 13.5. The summed E-state index contributed by atoms with van der Waals surface area (Å²) in [5, 5.41) is 0. The van der Waals surface area contributed by atoms with Crippen LogP contribution in [0.25, 0.3) is 0 Å². The average molecular weight is 839 g/mol. The fourth-order valence-corrected chi connectivity index (χ4v) is 54.1. The van der Waals surface area contributed by atoms with Gasteiger partial charge in [-0.3, -0.25) is 0 Å². The molecule has 1 rings (SSSR count). The van der Waals surface area contributed by atoms with Crippen molar-refractivity contribution in [2.45, 2.75) is 196 Å². The van der Waals surface area contributed by atoms with E-state index >= 15 is 0 Å². The summed E-state index contributed by atoms with van der Waals surface area (Å²) >= 11 is -3.53. The Kier molecular flexibility index (Phi) is 23.1. The zero-order chi connectivity index (χ0) is 31.3. The van der Waals surface area contributed by atoms with Crippen LogP contribution < -0.4 is 5.79 Å². The SMILES string of the molecule is CCCCCCCCS(=O)(=O)c1c[c]([Sn]([CH2]CCC)([CH2]CCC)[CH2]CCC)s[c]1[Sn]([CH2]CCC)([CH2]CCC)[CH2]CCC. The summed E-state index contributed by atoms with van der Waals surface area (Å²) in [6, 6.07) is 2.42. The van der Waals surface area contributed by atoms with Crippen molar-refractivity contribution in [2.24, 2.45) is 0 Å². The molecule has 1 heterocycles. The van der Waals surface area contributed by atoms with Gasteiger partial charge in [0, 0.05) is 0 Å². The first kappa shape index (κ1) is 41.3. The molecule has 1 aromatic heterocycles. The normalized spacial score (nSPS) is 12.8. The molecule has 0 atom stereocenters. The van der Waals surface area contributed by atoms with E-state index in [1.165, 1.54) is 132 Å². The summed E-state index contributed by atoms with van der Waals surface area (Å²) in [4.78, 5) is 0.903. The van der Waals surface area contributed by atoms with E-state index in [-0.39, 0.29) is 0 Å². The summed E-state index contributed by atoms with van der Waals surface area (Å²) in [6.45, 7) is 16.3. The molecular weight excluding hydrogens is 766 g/mol. The summed E-state index contributed by atoms with van der Waals surface area (Å²) in [5.41, 5.74) is 0. The van der Waals surface area contributed by atoms with Crippen LogP contribution in [-0.2, 0) is 9.84 Å². The molecular formula is C36H72O2S2Sn2. The van der Waals surface area contributed by atoms with E-state index in [2.05, 4.69) is 65.9 Å². The van der Waals surface area contributed by atoms with Crippen LogP contribution in [0.2, 0.25) is 26.6 Å². The minimum absolute atomic E-state index is 0.376. The maximum atomic E-state index is 14.5. The van der Waals surface area contributed by atoms with Crippen LogP contribution in [-0.4, -0.2) is 50.9 Å². The first-order valence-electron chi connectivity index (χ1n) is 18.6. The zero-order valence-electron chi connectivity index (χ0n) is 29.4. The van der Waals surface area contributed by atoms with Crippen molar-refractivity contribution in [3.05, 3.63) is 6.07 Å². The molecule has 0 saturated carbocycles. The number of thiophene rings is 1. The van der Waals surface area contributed by atoms with Crippen molar-refractivity contribution < 1.29 is 8.42 Å². The van der Waals surface area contributed by atoms with Crippen LogP contribution in [0, 0.1) is 0 Å². The molecule has 0 aliphatic carbocycles. The molecule has 0 aromatic carbocycles. The monoisotopic (exact) mass is 840 g/mol. The second-order valence-electron chi connectivity index (χ2n) is 13.6. The second-order valence-corrected chi connectivity index (χ2v) is 44.9. The topological polar surface area (TPSA) is 34.1 Å². The Morgan fingerprint density at radius 3 is 1.26 bits per heavy atom. The fraction of sp³-hybridized carbons (Fsp3) is 0.889. The number of unbranched alkanes of at least 4 members (excludes halogenated alkanes) is 11. The third-order valence-electron chi connectivity index (χ3n) is 9.86. The van der Waals surface area contributed by atoms with Gasteiger partial charge in [0.25, 0.3) is 0 Å². The van der Waals surface area contributed by atoms with Gasteiger partial charge in [0.2, 0.25) is 0 Å². The first-order chi connectivity index (χ1) is 20.3. The second kappa shape index (κ2) is 23.5. The van der Waals surface area contributed by atoms with Crippen LogP contribution in [0.3, 0.4) is 0 Å². The molecule has 2 nitrogen and oxygen atoms in total. The van der Waals surface area contributed by atoms with E-state index in [1.807, 2.05) is 0 Å². The summed E-state index contributed by atoms with van der Waals surface area (Å²) in [7, 11) is -3.25. The number of sulfone groups is 1. The van der Waals surface area contributed by atoms with Crippen LogP contribution in [0.5, 0.6) is 0 Å². The zero-order valence-corrected chi connectivity index (χ0v) is 36.7. The van der Waals surface area contributed by atoms with Crippen molar-refractivity contribution in [1.29, 1.82) is 0 Å². The fourth-order valence-electron chi connectivity index (χ4n) is 6.97. The van der Waals surface area contributed by atoms with Gasteiger partial charge in [0.05, 0.1) is 0 Å². The van der Waals surface area contributed by atoms with Gasteiger partial charge in [0.15, 0.2) is 0 Å². The van der Waals surface area contributed by atoms with Crippen molar-refractivity contribution in [2.75, 3.05) is 5.75 Å². The molecule has 0 unspecified atom stereocenters. The Bertz CT molecular complexity index is 866. The van der Waals surface area contributed by atoms with Crippen LogP contribution in [0.1, 0.15) is 164 Å². The number of hydrogen-bond donors (Lipinski definition) is 0. The summed E-state index contributed by atoms with van der Waals surface area (Å²) in [5.74, 6) is 0.376. The third-order valence-corrected chi connectivity index (χ3v) is 50.0. The van der Waals surface area contributed by atoms with E-state index < -0.39 is 46.6 Å². The van der Waals surface area contributed by atoms with Crippen LogP contribution in [0.15, 0.2) is 11.0 Å². The van der Waals surface area contributed by atoms with Gasteiger partial charge in [-0.2, -0.15) is 0 Å². The molecule has 0 saturated heterocycles. The molecule has 248 valence electrons. The van der Waals surface area contributed by atoms with Gasteiger partial charge in [-0.25, -0.2) is 0 Å². The molecule has 0 spiro atoms. The number of hydrogen-bond acceptors (Lipinski definition) is 3. The average Bonchev–Trinajstić information content (AvgIpc) is 3.46. The van der Waals surface area contributed by atoms with E-state index in [0.29, 0.717) is 5.75 Å². The quantitative estimate of drug-likeness (QED) is 0.0622. The maximum absolute atomic E-state index is 14.5. The molecule has 0 amide bonds. The van der Waals surface area contributed by atoms with Gasteiger partial charge in [-0.05, 0) is 0 Å². The predicted octanol–water partition coefficient (Wildman–Crippen LogP) is 12.0. The Hall–Kier alpha value is 1.25. The molecule has 0 aliphatic rings. The van der Waals surface area contributed by atoms with Gasteiger partial charge < -0.3 is 0 Å². The van der Waals surface area contributed by atoms with Crippen molar-refractivity contribution in [3.8, 4) is 0 Å². The van der Waals surface area contributed by atoms with Gasteiger partial charge >= 0.3 is 280 Å². The molecule has 0 aliphatic heterocycles. The molecule has 0 fully saturated rings. The minimum atomic E-state index is -3.25. The molecule has 0 radical (unpaired) electrons. The van der Waals surface area contributed by atoms with Gasteiger partial charge in [-0.1, -0.05) is 0 Å². The summed E-state index contributed by atoms with van der Waals surface area (Å²) < 4.78 is 40.5. The summed E-state index contributed by atoms with van der Waals surface area (Å²) in [6.07, 6.45) is 22.3.